The molecule has 2 rings (SSSR count). The van der Waals surface area contributed by atoms with Crippen molar-refractivity contribution < 1.29 is 14.7 Å². The standard InChI is InChI=1S/C12H19N5O3/c1-2-5-17(10-3-4-10)12(20)13-6-9-7-16(15-14-9)8-11(18)19/h7,10H,2-6,8H2,1H3,(H,13,20)(H,18,19). The molecule has 0 spiro atoms. The van der Waals surface area contributed by atoms with Crippen molar-refractivity contribution in [2.45, 2.75) is 45.3 Å². The minimum absolute atomic E-state index is 0.0952. The van der Waals surface area contributed by atoms with Gasteiger partial charge in [-0.3, -0.25) is 4.79 Å². The highest BCUT2D eigenvalue weighted by Crippen LogP contribution is 2.26. The summed E-state index contributed by atoms with van der Waals surface area (Å²) in [6.07, 6.45) is 4.60. The van der Waals surface area contributed by atoms with Crippen LogP contribution in [-0.2, 0) is 17.9 Å². The van der Waals surface area contributed by atoms with Crippen molar-refractivity contribution in [1.82, 2.24) is 25.2 Å². The minimum Gasteiger partial charge on any atom is -0.480 e. The molecule has 0 radical (unpaired) electrons. The quantitative estimate of drug-likeness (QED) is 0.755. The predicted octanol–water partition coefficient (Wildman–Crippen LogP) is 0.447. The maximum atomic E-state index is 12.0. The van der Waals surface area contributed by atoms with Gasteiger partial charge in [0, 0.05) is 12.6 Å². The van der Waals surface area contributed by atoms with E-state index in [2.05, 4.69) is 15.6 Å². The molecule has 1 aliphatic rings. The number of carbonyl (C=O) groups is 2. The maximum Gasteiger partial charge on any atom is 0.325 e. The molecule has 1 aliphatic carbocycles. The Hall–Kier alpha value is -2.12. The number of carboxylic acids is 1. The zero-order valence-corrected chi connectivity index (χ0v) is 11.4. The van der Waals surface area contributed by atoms with E-state index in [1.807, 2.05) is 11.8 Å². The second kappa shape index (κ2) is 6.36. The van der Waals surface area contributed by atoms with Gasteiger partial charge >= 0.3 is 12.0 Å². The number of aromatic nitrogens is 3. The predicted molar refractivity (Wildman–Crippen MR) is 69.9 cm³/mol. The Kier molecular flexibility index (Phi) is 4.54. The molecule has 8 heteroatoms. The van der Waals surface area contributed by atoms with E-state index in [4.69, 9.17) is 5.11 Å². The van der Waals surface area contributed by atoms with Crippen molar-refractivity contribution in [3.05, 3.63) is 11.9 Å². The van der Waals surface area contributed by atoms with Gasteiger partial charge in [0.2, 0.25) is 0 Å². The molecule has 0 aromatic carbocycles. The molecule has 110 valence electrons. The van der Waals surface area contributed by atoms with E-state index in [-0.39, 0.29) is 19.1 Å². The van der Waals surface area contributed by atoms with Crippen molar-refractivity contribution in [1.29, 1.82) is 0 Å². The molecule has 0 saturated heterocycles. The summed E-state index contributed by atoms with van der Waals surface area (Å²) in [5, 5.41) is 18.9. The van der Waals surface area contributed by atoms with E-state index >= 15 is 0 Å². The lowest BCUT2D eigenvalue weighted by molar-refractivity contribution is -0.137. The Morgan fingerprint density at radius 2 is 2.30 bits per heavy atom. The Morgan fingerprint density at radius 1 is 1.55 bits per heavy atom. The summed E-state index contributed by atoms with van der Waals surface area (Å²) in [5.41, 5.74) is 0.548. The molecular weight excluding hydrogens is 262 g/mol. The average molecular weight is 281 g/mol. The van der Waals surface area contributed by atoms with Crippen LogP contribution in [0.25, 0.3) is 0 Å². The number of hydrogen-bond donors (Lipinski definition) is 2. The first kappa shape index (κ1) is 14.3. The van der Waals surface area contributed by atoms with E-state index in [1.165, 1.54) is 10.9 Å². The lowest BCUT2D eigenvalue weighted by Gasteiger charge is -2.21. The average Bonchev–Trinajstić information content (AvgIpc) is 3.14. The third-order valence-electron chi connectivity index (χ3n) is 3.02. The van der Waals surface area contributed by atoms with Crippen LogP contribution < -0.4 is 5.32 Å². The smallest absolute Gasteiger partial charge is 0.325 e. The monoisotopic (exact) mass is 281 g/mol. The Balaban J connectivity index is 1.82. The number of carbonyl (C=O) groups excluding carboxylic acids is 1. The minimum atomic E-state index is -0.978. The number of nitrogens with zero attached hydrogens (tertiary/aromatic N) is 4. The molecule has 1 fully saturated rings. The van der Waals surface area contributed by atoms with Gasteiger partial charge < -0.3 is 15.3 Å². The fourth-order valence-electron chi connectivity index (χ4n) is 1.98. The molecule has 0 aliphatic heterocycles. The second-order valence-corrected chi connectivity index (χ2v) is 4.88. The first-order valence-electron chi connectivity index (χ1n) is 6.75. The highest BCUT2D eigenvalue weighted by atomic mass is 16.4. The van der Waals surface area contributed by atoms with Gasteiger partial charge in [-0.1, -0.05) is 12.1 Å². The van der Waals surface area contributed by atoms with E-state index in [9.17, 15) is 9.59 Å². The number of hydrogen-bond acceptors (Lipinski definition) is 4. The summed E-state index contributed by atoms with van der Waals surface area (Å²) in [4.78, 5) is 24.4. The molecule has 1 heterocycles. The van der Waals surface area contributed by atoms with Crippen molar-refractivity contribution in [2.75, 3.05) is 6.54 Å². The number of aliphatic carboxylic acids is 1. The van der Waals surface area contributed by atoms with E-state index < -0.39 is 5.97 Å². The van der Waals surface area contributed by atoms with Crippen LogP contribution >= 0.6 is 0 Å². The normalized spacial score (nSPS) is 14.1. The van der Waals surface area contributed by atoms with Crippen LogP contribution in [0.1, 0.15) is 31.9 Å². The van der Waals surface area contributed by atoms with Gasteiger partial charge in [-0.15, -0.1) is 5.10 Å². The fraction of sp³-hybridized carbons (Fsp3) is 0.667. The summed E-state index contributed by atoms with van der Waals surface area (Å²) in [6.45, 7) is 2.82. The Labute approximate surface area is 116 Å². The van der Waals surface area contributed by atoms with Crippen LogP contribution in [0.15, 0.2) is 6.20 Å². The van der Waals surface area contributed by atoms with Gasteiger partial charge in [-0.25, -0.2) is 9.48 Å². The molecule has 8 nitrogen and oxygen atoms in total. The van der Waals surface area contributed by atoms with Crippen LogP contribution in [0.2, 0.25) is 0 Å². The van der Waals surface area contributed by atoms with Gasteiger partial charge in [-0.2, -0.15) is 0 Å². The van der Waals surface area contributed by atoms with Crippen LogP contribution in [0.4, 0.5) is 4.79 Å². The van der Waals surface area contributed by atoms with Gasteiger partial charge in [0.15, 0.2) is 0 Å². The summed E-state index contributed by atoms with van der Waals surface area (Å²) in [7, 11) is 0. The van der Waals surface area contributed by atoms with E-state index in [0.29, 0.717) is 11.7 Å². The molecule has 0 unspecified atom stereocenters. The van der Waals surface area contributed by atoms with Gasteiger partial charge in [-0.05, 0) is 19.3 Å². The first-order chi connectivity index (χ1) is 9.60. The van der Waals surface area contributed by atoms with Gasteiger partial charge in [0.25, 0.3) is 0 Å². The molecule has 2 N–H and O–H groups in total. The third-order valence-corrected chi connectivity index (χ3v) is 3.02. The molecule has 1 aromatic heterocycles. The first-order valence-corrected chi connectivity index (χ1v) is 6.75. The second-order valence-electron chi connectivity index (χ2n) is 4.88. The number of carboxylic acid groups (broad SMARTS) is 1. The molecular formula is C12H19N5O3. The van der Waals surface area contributed by atoms with Crippen molar-refractivity contribution >= 4 is 12.0 Å². The largest absolute Gasteiger partial charge is 0.480 e. The van der Waals surface area contributed by atoms with E-state index in [0.717, 1.165) is 25.8 Å². The SMILES string of the molecule is CCCN(C(=O)NCc1cn(CC(=O)O)nn1)C1CC1. The third kappa shape index (κ3) is 3.94. The summed E-state index contributed by atoms with van der Waals surface area (Å²) in [6, 6.07) is 0.278. The number of amides is 2. The Morgan fingerprint density at radius 3 is 2.90 bits per heavy atom. The van der Waals surface area contributed by atoms with Crippen LogP contribution in [0.3, 0.4) is 0 Å². The maximum absolute atomic E-state index is 12.0. The summed E-state index contributed by atoms with van der Waals surface area (Å²) >= 11 is 0. The highest BCUT2D eigenvalue weighted by Gasteiger charge is 2.31. The van der Waals surface area contributed by atoms with Crippen molar-refractivity contribution in [2.24, 2.45) is 0 Å². The van der Waals surface area contributed by atoms with Crippen LogP contribution in [0.5, 0.6) is 0 Å². The van der Waals surface area contributed by atoms with Gasteiger partial charge in [0.1, 0.15) is 12.2 Å². The molecule has 1 saturated carbocycles. The van der Waals surface area contributed by atoms with Crippen LogP contribution in [0, 0.1) is 0 Å². The number of urea groups is 1. The molecule has 0 atom stereocenters. The fourth-order valence-corrected chi connectivity index (χ4v) is 1.98. The number of rotatable bonds is 7. The number of nitrogens with one attached hydrogen (secondary N) is 1. The molecule has 20 heavy (non-hydrogen) atoms. The zero-order chi connectivity index (χ0) is 14.5. The zero-order valence-electron chi connectivity index (χ0n) is 11.4. The molecule has 2 amide bonds. The highest BCUT2D eigenvalue weighted by molar-refractivity contribution is 5.74. The van der Waals surface area contributed by atoms with Crippen LogP contribution in [-0.4, -0.2) is 49.6 Å². The van der Waals surface area contributed by atoms with Crippen molar-refractivity contribution in [3.63, 3.8) is 0 Å². The summed E-state index contributed by atoms with van der Waals surface area (Å²) in [5.74, 6) is -0.978. The topological polar surface area (TPSA) is 100 Å². The summed E-state index contributed by atoms with van der Waals surface area (Å²) < 4.78 is 1.23. The van der Waals surface area contributed by atoms with E-state index in [1.54, 1.807) is 0 Å². The lowest BCUT2D eigenvalue weighted by Crippen LogP contribution is -2.41. The van der Waals surface area contributed by atoms with Crippen molar-refractivity contribution in [3.8, 4) is 0 Å². The van der Waals surface area contributed by atoms with Gasteiger partial charge in [0.05, 0.1) is 12.7 Å². The Bertz CT molecular complexity index is 483. The lowest BCUT2D eigenvalue weighted by atomic mass is 10.4. The molecule has 0 bridgehead atoms. The molecule has 1 aromatic rings.